The van der Waals surface area contributed by atoms with Gasteiger partial charge in [-0.2, -0.15) is 0 Å². The Bertz CT molecular complexity index is 663. The van der Waals surface area contributed by atoms with Gasteiger partial charge in [-0.15, -0.1) is 12.4 Å². The molecule has 0 atom stereocenters. The number of amides is 1. The van der Waals surface area contributed by atoms with E-state index in [0.29, 0.717) is 18.7 Å². The summed E-state index contributed by atoms with van der Waals surface area (Å²) in [6, 6.07) is 12.0. The van der Waals surface area contributed by atoms with Crippen molar-refractivity contribution in [3.8, 4) is 16.9 Å². The summed E-state index contributed by atoms with van der Waals surface area (Å²) in [7, 11) is 1.60. The number of nitrogens with one attached hydrogen (secondary N) is 2. The second-order valence-electron chi connectivity index (χ2n) is 5.03. The van der Waals surface area contributed by atoms with Gasteiger partial charge in [-0.25, -0.2) is 4.39 Å². The predicted molar refractivity (Wildman–Crippen MR) is 96.5 cm³/mol. The van der Waals surface area contributed by atoms with Crippen molar-refractivity contribution in [2.75, 3.05) is 26.7 Å². The van der Waals surface area contributed by atoms with E-state index >= 15 is 0 Å². The van der Waals surface area contributed by atoms with Crippen molar-refractivity contribution in [2.24, 2.45) is 0 Å². The summed E-state index contributed by atoms with van der Waals surface area (Å²) in [4.78, 5) is 12.0. The van der Waals surface area contributed by atoms with Crippen LogP contribution in [0.3, 0.4) is 0 Å². The number of hydrogen-bond acceptors (Lipinski definition) is 3. The zero-order valence-corrected chi connectivity index (χ0v) is 14.6. The smallest absolute Gasteiger partial charge is 0.254 e. The maximum Gasteiger partial charge on any atom is 0.254 e. The van der Waals surface area contributed by atoms with Crippen LogP contribution in [0.1, 0.15) is 17.3 Å². The Morgan fingerprint density at radius 1 is 1.08 bits per heavy atom. The van der Waals surface area contributed by atoms with E-state index in [1.54, 1.807) is 13.2 Å². The highest BCUT2D eigenvalue weighted by Crippen LogP contribution is 2.24. The zero-order valence-electron chi connectivity index (χ0n) is 13.8. The standard InChI is InChI=1S/C18H21FN2O2.ClH/c1-3-20-10-11-21-18(22)16-9-6-14(12-17(16)19)13-4-7-15(23-2)8-5-13;/h4-9,12,20H,3,10-11H2,1-2H3,(H,21,22);1H. The summed E-state index contributed by atoms with van der Waals surface area (Å²) in [6.07, 6.45) is 0. The lowest BCUT2D eigenvalue weighted by atomic mass is 10.0. The van der Waals surface area contributed by atoms with Gasteiger partial charge in [0.05, 0.1) is 12.7 Å². The molecule has 2 rings (SSSR count). The minimum Gasteiger partial charge on any atom is -0.497 e. The van der Waals surface area contributed by atoms with Gasteiger partial charge in [-0.05, 0) is 41.9 Å². The molecule has 1 amide bonds. The Morgan fingerprint density at radius 3 is 2.33 bits per heavy atom. The summed E-state index contributed by atoms with van der Waals surface area (Å²) in [5, 5.41) is 5.78. The van der Waals surface area contributed by atoms with Gasteiger partial charge in [-0.1, -0.05) is 25.1 Å². The number of ether oxygens (including phenoxy) is 1. The number of methoxy groups -OCH3 is 1. The number of carbonyl (C=O) groups is 1. The van der Waals surface area contributed by atoms with Crippen molar-refractivity contribution in [3.05, 3.63) is 53.8 Å². The molecule has 6 heteroatoms. The highest BCUT2D eigenvalue weighted by molar-refractivity contribution is 5.95. The van der Waals surface area contributed by atoms with Crippen molar-refractivity contribution < 1.29 is 13.9 Å². The van der Waals surface area contributed by atoms with E-state index in [9.17, 15) is 9.18 Å². The van der Waals surface area contributed by atoms with Crippen LogP contribution in [0, 0.1) is 5.82 Å². The van der Waals surface area contributed by atoms with Gasteiger partial charge in [0, 0.05) is 13.1 Å². The summed E-state index contributed by atoms with van der Waals surface area (Å²) in [6.45, 7) is 3.94. The number of hydrogen-bond donors (Lipinski definition) is 2. The number of halogens is 2. The predicted octanol–water partition coefficient (Wildman–Crippen LogP) is 3.26. The molecule has 4 nitrogen and oxygen atoms in total. The molecule has 2 aromatic carbocycles. The van der Waals surface area contributed by atoms with Gasteiger partial charge in [-0.3, -0.25) is 4.79 Å². The molecule has 0 aliphatic rings. The molecule has 2 aromatic rings. The van der Waals surface area contributed by atoms with Gasteiger partial charge in [0.25, 0.3) is 5.91 Å². The Morgan fingerprint density at radius 2 is 1.75 bits per heavy atom. The van der Waals surface area contributed by atoms with Crippen molar-refractivity contribution in [1.29, 1.82) is 0 Å². The Hall–Kier alpha value is -2.11. The lowest BCUT2D eigenvalue weighted by Crippen LogP contribution is -2.32. The topological polar surface area (TPSA) is 50.4 Å². The Kier molecular flexibility index (Phi) is 8.22. The molecule has 0 bridgehead atoms. The highest BCUT2D eigenvalue weighted by Gasteiger charge is 2.12. The second-order valence-corrected chi connectivity index (χ2v) is 5.03. The quantitative estimate of drug-likeness (QED) is 0.752. The minimum absolute atomic E-state index is 0. The summed E-state index contributed by atoms with van der Waals surface area (Å²) >= 11 is 0. The lowest BCUT2D eigenvalue weighted by Gasteiger charge is -2.09. The van der Waals surface area contributed by atoms with E-state index in [1.807, 2.05) is 31.2 Å². The first-order chi connectivity index (χ1) is 11.2. The first kappa shape index (κ1) is 19.9. The van der Waals surface area contributed by atoms with Gasteiger partial charge in [0.1, 0.15) is 11.6 Å². The van der Waals surface area contributed by atoms with Crippen LogP contribution in [-0.4, -0.2) is 32.7 Å². The minimum atomic E-state index is -0.528. The largest absolute Gasteiger partial charge is 0.497 e. The molecule has 2 N–H and O–H groups in total. The van der Waals surface area contributed by atoms with E-state index in [1.165, 1.54) is 12.1 Å². The molecule has 0 saturated carbocycles. The number of rotatable bonds is 7. The monoisotopic (exact) mass is 352 g/mol. The first-order valence-electron chi connectivity index (χ1n) is 7.58. The van der Waals surface area contributed by atoms with Crippen LogP contribution in [0.15, 0.2) is 42.5 Å². The normalized spacial score (nSPS) is 9.96. The van der Waals surface area contributed by atoms with E-state index < -0.39 is 11.7 Å². The van der Waals surface area contributed by atoms with Gasteiger partial charge in [0.2, 0.25) is 0 Å². The molecule has 0 aliphatic heterocycles. The molecule has 0 radical (unpaired) electrons. The second kappa shape index (κ2) is 9.90. The van der Waals surface area contributed by atoms with E-state index in [-0.39, 0.29) is 18.0 Å². The Labute approximate surface area is 147 Å². The molecular weight excluding hydrogens is 331 g/mol. The van der Waals surface area contributed by atoms with Gasteiger partial charge in [0.15, 0.2) is 0 Å². The maximum atomic E-state index is 14.2. The maximum absolute atomic E-state index is 14.2. The Balaban J connectivity index is 0.00000288. The van der Waals surface area contributed by atoms with Crippen LogP contribution >= 0.6 is 12.4 Å². The molecule has 24 heavy (non-hydrogen) atoms. The third kappa shape index (κ3) is 5.22. The van der Waals surface area contributed by atoms with Crippen LogP contribution in [0.5, 0.6) is 5.75 Å². The SMILES string of the molecule is CCNCCNC(=O)c1ccc(-c2ccc(OC)cc2)cc1F.Cl. The third-order valence-electron chi connectivity index (χ3n) is 3.47. The molecule has 0 heterocycles. The molecule has 0 fully saturated rings. The van der Waals surface area contributed by atoms with E-state index in [0.717, 1.165) is 17.9 Å². The van der Waals surface area contributed by atoms with Crippen molar-refractivity contribution in [2.45, 2.75) is 6.92 Å². The number of carbonyl (C=O) groups excluding carboxylic acids is 1. The van der Waals surface area contributed by atoms with Gasteiger partial charge >= 0.3 is 0 Å². The van der Waals surface area contributed by atoms with Crippen LogP contribution in [0.2, 0.25) is 0 Å². The third-order valence-corrected chi connectivity index (χ3v) is 3.47. The fourth-order valence-electron chi connectivity index (χ4n) is 2.20. The molecular formula is C18H22ClFN2O2. The fourth-order valence-corrected chi connectivity index (χ4v) is 2.20. The van der Waals surface area contributed by atoms with Crippen LogP contribution < -0.4 is 15.4 Å². The van der Waals surface area contributed by atoms with Crippen LogP contribution in [0.4, 0.5) is 4.39 Å². The van der Waals surface area contributed by atoms with E-state index in [2.05, 4.69) is 10.6 Å². The molecule has 130 valence electrons. The average Bonchev–Trinajstić information content (AvgIpc) is 2.58. The molecule has 0 aromatic heterocycles. The fraction of sp³-hybridized carbons (Fsp3) is 0.278. The van der Waals surface area contributed by atoms with Crippen molar-refractivity contribution in [1.82, 2.24) is 10.6 Å². The highest BCUT2D eigenvalue weighted by atomic mass is 35.5. The molecule has 0 aliphatic carbocycles. The lowest BCUT2D eigenvalue weighted by molar-refractivity contribution is 0.0950. The number of benzene rings is 2. The summed E-state index contributed by atoms with van der Waals surface area (Å²) < 4.78 is 19.3. The first-order valence-corrected chi connectivity index (χ1v) is 7.58. The molecule has 0 saturated heterocycles. The zero-order chi connectivity index (χ0) is 16.7. The summed E-state index contributed by atoms with van der Waals surface area (Å²) in [5.41, 5.74) is 1.64. The molecule has 0 unspecified atom stereocenters. The van der Waals surface area contributed by atoms with E-state index in [4.69, 9.17) is 4.74 Å². The van der Waals surface area contributed by atoms with Crippen LogP contribution in [0.25, 0.3) is 11.1 Å². The molecule has 0 spiro atoms. The summed E-state index contributed by atoms with van der Waals surface area (Å²) in [5.74, 6) is -0.188. The van der Waals surface area contributed by atoms with Gasteiger partial charge < -0.3 is 15.4 Å². The van der Waals surface area contributed by atoms with Crippen LogP contribution in [-0.2, 0) is 0 Å². The number of likely N-dealkylation sites (N-methyl/N-ethyl adjacent to an activating group) is 1. The average molecular weight is 353 g/mol. The van der Waals surface area contributed by atoms with Crippen molar-refractivity contribution in [3.63, 3.8) is 0 Å². The van der Waals surface area contributed by atoms with Crippen molar-refractivity contribution >= 4 is 18.3 Å².